The number of hydrogen-bond acceptors (Lipinski definition) is 14. The van der Waals surface area contributed by atoms with Gasteiger partial charge in [-0.2, -0.15) is 25.4 Å². The second kappa shape index (κ2) is 21.8. The standard InChI is InChI=1S/C22H28ClN5O4S.C22H27ClN4O5S/c1-16-12-26(7-8-27(16)21-14-32-15-21)33(30,31)28(20-4-2-3-18(23)9-20)13-19-6-5-17(11-25-19)22(29)10-24;1-16-12-25(8-9-26(16)21-14-32-15-21)33(29,30)27(20-5-3-4-18(23)10-20)13-19-7-6-17(11-24-19)22(28)31-2/h2-6,9,11,16,21H,7-8,10,12-15,24H2,1H3;3-7,10-11,16,21H,8-9,12-15H2,1-2H3/t2*16-/m11/s1. The molecule has 22 heteroatoms. The van der Waals surface area contributed by atoms with Gasteiger partial charge in [-0.15, -0.1) is 0 Å². The van der Waals surface area contributed by atoms with E-state index in [0.29, 0.717) is 122 Å². The number of ether oxygens (including phenoxy) is 3. The fourth-order valence-electron chi connectivity index (χ4n) is 8.22. The first-order valence-corrected chi connectivity index (χ1v) is 25.1. The highest BCUT2D eigenvalue weighted by molar-refractivity contribution is 7.90. The summed E-state index contributed by atoms with van der Waals surface area (Å²) in [6, 6.07) is 20.8. The molecule has 2 N–H and O–H groups in total. The van der Waals surface area contributed by atoms with Gasteiger partial charge in [-0.25, -0.2) is 4.79 Å². The number of anilines is 2. The summed E-state index contributed by atoms with van der Waals surface area (Å²) >= 11 is 12.4. The van der Waals surface area contributed by atoms with E-state index in [-0.39, 0.29) is 37.5 Å². The third-order valence-corrected chi connectivity index (χ3v) is 16.3. The molecule has 8 rings (SSSR count). The van der Waals surface area contributed by atoms with Gasteiger partial charge in [0.15, 0.2) is 5.78 Å². The number of Topliss-reactive ketones (excluding diaryl/α,β-unsaturated/α-hetero) is 1. The first-order valence-electron chi connectivity index (χ1n) is 21.5. The SMILES string of the molecule is COC(=O)c1ccc(CN(c2cccc(Cl)c2)S(=O)(=O)N2CCN(C3COC3)[C@H](C)C2)nc1.C[C@@H]1CN(S(=O)(=O)N(Cc2ccc(C(=O)CN)cn2)c2cccc(Cl)c2)CCN1C1COC1. The van der Waals surface area contributed by atoms with E-state index in [1.807, 2.05) is 13.8 Å². The van der Waals surface area contributed by atoms with Crippen LogP contribution in [0.25, 0.3) is 0 Å². The molecule has 4 aliphatic rings. The predicted molar refractivity (Wildman–Crippen MR) is 251 cm³/mol. The molecule has 66 heavy (non-hydrogen) atoms. The van der Waals surface area contributed by atoms with Crippen LogP contribution in [-0.2, 0) is 47.7 Å². The normalized spacial score (nSPS) is 20.3. The van der Waals surface area contributed by atoms with Crippen LogP contribution in [0.4, 0.5) is 11.4 Å². The second-order valence-corrected chi connectivity index (χ2v) is 21.0. The molecular formula is C44H55Cl2N9O9S2. The van der Waals surface area contributed by atoms with E-state index in [9.17, 15) is 26.4 Å². The van der Waals surface area contributed by atoms with Crippen LogP contribution < -0.4 is 14.3 Å². The summed E-state index contributed by atoms with van der Waals surface area (Å²) in [4.78, 5) is 36.7. The van der Waals surface area contributed by atoms with Crippen LogP contribution in [0.15, 0.2) is 85.2 Å². The monoisotopic (exact) mass is 987 g/mol. The third kappa shape index (κ3) is 11.5. The molecule has 6 heterocycles. The average Bonchev–Trinajstić information content (AvgIpc) is 3.27. The number of nitrogens with two attached hydrogens (primary N) is 1. The number of piperazine rings is 2. The van der Waals surface area contributed by atoms with Gasteiger partial charge in [-0.05, 0) is 74.5 Å². The highest BCUT2D eigenvalue weighted by Crippen LogP contribution is 2.30. The van der Waals surface area contributed by atoms with E-state index in [4.69, 9.17) is 43.1 Å². The van der Waals surface area contributed by atoms with Crippen LogP contribution in [0, 0.1) is 0 Å². The number of hydrogen-bond donors (Lipinski definition) is 1. The van der Waals surface area contributed by atoms with Gasteiger partial charge >= 0.3 is 26.4 Å². The van der Waals surface area contributed by atoms with E-state index in [2.05, 4.69) is 19.8 Å². The van der Waals surface area contributed by atoms with Gasteiger partial charge in [0.05, 0.1) is 93.6 Å². The fraction of sp³-hybridized carbons (Fsp3) is 0.455. The van der Waals surface area contributed by atoms with Crippen molar-refractivity contribution >= 4 is 66.7 Å². The van der Waals surface area contributed by atoms with Gasteiger partial charge in [0.1, 0.15) is 0 Å². The quantitative estimate of drug-likeness (QED) is 0.134. The smallest absolute Gasteiger partial charge is 0.339 e. The Morgan fingerprint density at radius 2 is 1.14 bits per heavy atom. The zero-order chi connectivity index (χ0) is 47.2. The number of ketones is 1. The van der Waals surface area contributed by atoms with Crippen molar-refractivity contribution in [2.24, 2.45) is 5.73 Å². The average molecular weight is 989 g/mol. The van der Waals surface area contributed by atoms with E-state index in [1.54, 1.807) is 72.8 Å². The maximum absolute atomic E-state index is 13.8. The molecule has 2 atom stereocenters. The lowest BCUT2D eigenvalue weighted by Crippen LogP contribution is -2.62. The lowest BCUT2D eigenvalue weighted by Gasteiger charge is -2.46. The Morgan fingerprint density at radius 1 is 0.697 bits per heavy atom. The summed E-state index contributed by atoms with van der Waals surface area (Å²) in [5.41, 5.74) is 7.99. The Balaban J connectivity index is 0.000000196. The van der Waals surface area contributed by atoms with Crippen molar-refractivity contribution in [3.8, 4) is 0 Å². The summed E-state index contributed by atoms with van der Waals surface area (Å²) in [5.74, 6) is -0.728. The van der Waals surface area contributed by atoms with Gasteiger partial charge in [-0.3, -0.25) is 33.2 Å². The lowest BCUT2D eigenvalue weighted by molar-refractivity contribution is -0.0873. The summed E-state index contributed by atoms with van der Waals surface area (Å²) in [6.45, 7) is 9.56. The maximum atomic E-state index is 13.8. The Hall–Kier alpha value is -4.32. The number of nitrogens with zero attached hydrogens (tertiary/aromatic N) is 8. The Labute approximate surface area is 396 Å². The number of methoxy groups -OCH3 is 1. The summed E-state index contributed by atoms with van der Waals surface area (Å²) in [6.07, 6.45) is 2.81. The largest absolute Gasteiger partial charge is 0.465 e. The minimum absolute atomic E-state index is 0.00477. The number of pyridine rings is 2. The summed E-state index contributed by atoms with van der Waals surface area (Å²) < 4.78 is 76.1. The Kier molecular flexibility index (Phi) is 16.3. The molecule has 0 aliphatic carbocycles. The number of carbonyl (C=O) groups excluding carboxylic acids is 2. The van der Waals surface area contributed by atoms with Gasteiger partial charge in [0, 0.05) is 79.4 Å². The Bertz CT molecular complexity index is 2360. The summed E-state index contributed by atoms with van der Waals surface area (Å²) in [5, 5.41) is 0.873. The third-order valence-electron chi connectivity index (χ3n) is 12.1. The molecule has 4 fully saturated rings. The van der Waals surface area contributed by atoms with Crippen molar-refractivity contribution in [1.29, 1.82) is 0 Å². The number of rotatable bonds is 15. The van der Waals surface area contributed by atoms with Crippen LogP contribution in [0.3, 0.4) is 0 Å². The molecule has 0 saturated carbocycles. The molecule has 4 aliphatic heterocycles. The molecular weight excluding hydrogens is 934 g/mol. The van der Waals surface area contributed by atoms with Crippen LogP contribution in [0.1, 0.15) is 46.0 Å². The molecule has 0 radical (unpaired) electrons. The van der Waals surface area contributed by atoms with Crippen LogP contribution in [0.5, 0.6) is 0 Å². The van der Waals surface area contributed by atoms with Crippen molar-refractivity contribution in [2.45, 2.75) is 51.1 Å². The molecule has 4 aromatic rings. The topological polar surface area (TPSA) is 201 Å². The number of aromatic nitrogens is 2. The van der Waals surface area contributed by atoms with E-state index < -0.39 is 26.4 Å². The van der Waals surface area contributed by atoms with Crippen molar-refractivity contribution in [3.63, 3.8) is 0 Å². The summed E-state index contributed by atoms with van der Waals surface area (Å²) in [7, 11) is -6.45. The van der Waals surface area contributed by atoms with Crippen LogP contribution in [0.2, 0.25) is 10.0 Å². The maximum Gasteiger partial charge on any atom is 0.339 e. The highest BCUT2D eigenvalue weighted by atomic mass is 35.5. The molecule has 4 saturated heterocycles. The molecule has 0 amide bonds. The van der Waals surface area contributed by atoms with Gasteiger partial charge in [-0.1, -0.05) is 35.3 Å². The molecule has 0 spiro atoms. The van der Waals surface area contributed by atoms with Crippen molar-refractivity contribution in [3.05, 3.63) is 118 Å². The van der Waals surface area contributed by atoms with Crippen molar-refractivity contribution in [1.82, 2.24) is 28.4 Å². The van der Waals surface area contributed by atoms with Crippen LogP contribution >= 0.6 is 23.2 Å². The minimum Gasteiger partial charge on any atom is -0.465 e. The van der Waals surface area contributed by atoms with E-state index in [1.165, 1.54) is 36.7 Å². The Morgan fingerprint density at radius 3 is 1.47 bits per heavy atom. The lowest BCUT2D eigenvalue weighted by atomic mass is 10.1. The molecule has 0 bridgehead atoms. The van der Waals surface area contributed by atoms with Gasteiger partial charge in [0.25, 0.3) is 0 Å². The van der Waals surface area contributed by atoms with Crippen molar-refractivity contribution in [2.75, 3.05) is 88.0 Å². The first-order chi connectivity index (χ1) is 31.6. The molecule has 18 nitrogen and oxygen atoms in total. The number of esters is 1. The predicted octanol–water partition coefficient (Wildman–Crippen LogP) is 3.71. The van der Waals surface area contributed by atoms with Crippen LogP contribution in [-0.4, -0.2) is 160 Å². The van der Waals surface area contributed by atoms with Crippen molar-refractivity contribution < 1.29 is 40.6 Å². The van der Waals surface area contributed by atoms with Gasteiger partial charge < -0.3 is 19.9 Å². The number of halogens is 2. The molecule has 356 valence electrons. The molecule has 2 aromatic heterocycles. The zero-order valence-electron chi connectivity index (χ0n) is 37.0. The highest BCUT2D eigenvalue weighted by Gasteiger charge is 2.41. The first kappa shape index (κ1) is 49.6. The number of benzene rings is 2. The zero-order valence-corrected chi connectivity index (χ0v) is 40.1. The fourth-order valence-corrected chi connectivity index (χ4v) is 11.9. The molecule has 0 unspecified atom stereocenters. The van der Waals surface area contributed by atoms with Gasteiger partial charge in [0.2, 0.25) is 0 Å². The van der Waals surface area contributed by atoms with E-state index in [0.717, 1.165) is 0 Å². The second-order valence-electron chi connectivity index (χ2n) is 16.5. The number of carbonyl (C=O) groups is 2. The van der Waals surface area contributed by atoms with E-state index >= 15 is 0 Å². The molecule has 2 aromatic carbocycles. The minimum atomic E-state index is -3.88.